The Morgan fingerprint density at radius 2 is 1.92 bits per heavy atom. The number of para-hydroxylation sites is 1. The van der Waals surface area contributed by atoms with E-state index in [9.17, 15) is 13.2 Å². The number of benzene rings is 2. The van der Waals surface area contributed by atoms with Crippen molar-refractivity contribution in [1.82, 2.24) is 8.96 Å². The van der Waals surface area contributed by atoms with Crippen molar-refractivity contribution in [3.63, 3.8) is 0 Å². The van der Waals surface area contributed by atoms with Gasteiger partial charge >= 0.3 is 5.51 Å². The van der Waals surface area contributed by atoms with Crippen LogP contribution < -0.4 is 0 Å². The molecule has 2 aromatic carbocycles. The van der Waals surface area contributed by atoms with Crippen LogP contribution in [0.5, 0.6) is 0 Å². The fraction of sp³-hybridized carbons (Fsp3) is 0.167. The molecular formula is C18H13F3N2OS2. The fourth-order valence-corrected chi connectivity index (χ4v) is 4.17. The molecule has 0 unspecified atom stereocenters. The van der Waals surface area contributed by atoms with Crippen LogP contribution in [0.25, 0.3) is 33.6 Å². The van der Waals surface area contributed by atoms with Crippen molar-refractivity contribution in [2.75, 3.05) is 5.75 Å². The number of halogens is 3. The van der Waals surface area contributed by atoms with Crippen LogP contribution in [0.15, 0.2) is 57.8 Å². The second kappa shape index (κ2) is 6.59. The van der Waals surface area contributed by atoms with Crippen molar-refractivity contribution >= 4 is 45.7 Å². The Kier molecular flexibility index (Phi) is 4.40. The van der Waals surface area contributed by atoms with Gasteiger partial charge in [0.25, 0.3) is 0 Å². The molecule has 0 amide bonds. The van der Waals surface area contributed by atoms with Gasteiger partial charge in [-0.05, 0) is 54.0 Å². The van der Waals surface area contributed by atoms with Gasteiger partial charge in [0.05, 0.1) is 5.52 Å². The van der Waals surface area contributed by atoms with Gasteiger partial charge in [0, 0.05) is 16.0 Å². The summed E-state index contributed by atoms with van der Waals surface area (Å²) < 4.78 is 45.6. The third-order valence-electron chi connectivity index (χ3n) is 3.74. The summed E-state index contributed by atoms with van der Waals surface area (Å²) >= 11 is 1.46. The molecule has 0 aliphatic heterocycles. The number of aromatic nitrogens is 2. The Morgan fingerprint density at radius 1 is 1.12 bits per heavy atom. The highest BCUT2D eigenvalue weighted by Crippen LogP contribution is 2.39. The molecule has 0 N–H and O–H groups in total. The quantitative estimate of drug-likeness (QED) is 0.366. The molecule has 134 valence electrons. The number of alkyl halides is 3. The van der Waals surface area contributed by atoms with E-state index < -0.39 is 5.51 Å². The zero-order valence-electron chi connectivity index (χ0n) is 13.6. The maximum Gasteiger partial charge on any atom is 0.446 e. The summed E-state index contributed by atoms with van der Waals surface area (Å²) in [4.78, 5) is 4.52. The largest absolute Gasteiger partial charge is 0.446 e. The SMILES string of the molecule is CCSn1c(-c2nc3cc(SC(F)(F)F)ccc3o2)cc2ccccc21. The molecule has 3 nitrogen and oxygen atoms in total. The van der Waals surface area contributed by atoms with Gasteiger partial charge < -0.3 is 4.42 Å². The number of fused-ring (bicyclic) bond motifs is 2. The molecular weight excluding hydrogens is 381 g/mol. The first-order chi connectivity index (χ1) is 12.4. The van der Waals surface area contributed by atoms with Crippen LogP contribution in [-0.4, -0.2) is 20.2 Å². The molecule has 4 rings (SSSR count). The van der Waals surface area contributed by atoms with Crippen molar-refractivity contribution in [3.8, 4) is 11.6 Å². The monoisotopic (exact) mass is 394 g/mol. The van der Waals surface area contributed by atoms with Crippen LogP contribution in [0.1, 0.15) is 6.92 Å². The summed E-state index contributed by atoms with van der Waals surface area (Å²) in [5, 5.41) is 1.05. The average molecular weight is 394 g/mol. The molecule has 0 fully saturated rings. The molecule has 0 atom stereocenters. The first-order valence-electron chi connectivity index (χ1n) is 7.85. The minimum Gasteiger partial charge on any atom is -0.435 e. The predicted molar refractivity (Wildman–Crippen MR) is 100 cm³/mol. The van der Waals surface area contributed by atoms with Gasteiger partial charge in [-0.1, -0.05) is 25.1 Å². The lowest BCUT2D eigenvalue weighted by Gasteiger charge is -2.05. The number of nitrogens with zero attached hydrogens (tertiary/aromatic N) is 2. The first-order valence-corrected chi connectivity index (χ1v) is 9.61. The van der Waals surface area contributed by atoms with Crippen LogP contribution in [0, 0.1) is 0 Å². The van der Waals surface area contributed by atoms with Gasteiger partial charge in [0.1, 0.15) is 11.2 Å². The Balaban J connectivity index is 1.82. The lowest BCUT2D eigenvalue weighted by Crippen LogP contribution is -1.98. The Labute approximate surface area is 155 Å². The molecule has 8 heteroatoms. The summed E-state index contributed by atoms with van der Waals surface area (Å²) in [7, 11) is 0. The number of rotatable bonds is 4. The lowest BCUT2D eigenvalue weighted by molar-refractivity contribution is -0.0328. The van der Waals surface area contributed by atoms with E-state index in [1.54, 1.807) is 11.9 Å². The Morgan fingerprint density at radius 3 is 2.69 bits per heavy atom. The van der Waals surface area contributed by atoms with Crippen molar-refractivity contribution in [1.29, 1.82) is 0 Å². The smallest absolute Gasteiger partial charge is 0.435 e. The zero-order chi connectivity index (χ0) is 18.3. The Bertz CT molecular complexity index is 1090. The molecule has 0 radical (unpaired) electrons. The standard InChI is InChI=1S/C18H13F3N2OS2/c1-2-25-23-14-6-4-3-5-11(14)9-15(23)17-22-13-10-12(26-18(19,20)21)7-8-16(13)24-17/h3-10H,2H2,1H3. The zero-order valence-corrected chi connectivity index (χ0v) is 15.2. The van der Waals surface area contributed by atoms with Gasteiger partial charge in [0.2, 0.25) is 5.89 Å². The maximum atomic E-state index is 12.6. The highest BCUT2D eigenvalue weighted by atomic mass is 32.2. The normalized spacial score (nSPS) is 12.3. The third-order valence-corrected chi connectivity index (χ3v) is 5.37. The van der Waals surface area contributed by atoms with Crippen LogP contribution >= 0.6 is 23.7 Å². The number of hydrogen-bond donors (Lipinski definition) is 0. The van der Waals surface area contributed by atoms with E-state index in [0.717, 1.165) is 22.3 Å². The molecule has 0 aliphatic carbocycles. The van der Waals surface area contributed by atoms with E-state index in [-0.39, 0.29) is 16.7 Å². The number of oxazole rings is 1. The van der Waals surface area contributed by atoms with E-state index in [2.05, 4.69) is 11.9 Å². The van der Waals surface area contributed by atoms with E-state index >= 15 is 0 Å². The molecule has 0 spiro atoms. The second-order valence-electron chi connectivity index (χ2n) is 5.50. The second-order valence-corrected chi connectivity index (χ2v) is 7.84. The minimum absolute atomic E-state index is 0.0910. The van der Waals surface area contributed by atoms with E-state index in [0.29, 0.717) is 17.0 Å². The van der Waals surface area contributed by atoms with Gasteiger partial charge in [-0.25, -0.2) is 4.98 Å². The molecule has 0 saturated carbocycles. The van der Waals surface area contributed by atoms with E-state index in [1.807, 2.05) is 34.3 Å². The maximum absolute atomic E-state index is 12.6. The molecule has 26 heavy (non-hydrogen) atoms. The average Bonchev–Trinajstić information content (AvgIpc) is 3.15. The molecule has 4 aromatic rings. The third kappa shape index (κ3) is 3.31. The van der Waals surface area contributed by atoms with Gasteiger partial charge in [-0.3, -0.25) is 3.97 Å². The van der Waals surface area contributed by atoms with Crippen molar-refractivity contribution < 1.29 is 17.6 Å². The number of thioether (sulfide) groups is 1. The van der Waals surface area contributed by atoms with Crippen LogP contribution in [-0.2, 0) is 0 Å². The Hall–Kier alpha value is -2.06. The highest BCUT2D eigenvalue weighted by molar-refractivity contribution is 8.00. The first kappa shape index (κ1) is 17.4. The minimum atomic E-state index is -4.33. The van der Waals surface area contributed by atoms with E-state index in [1.165, 1.54) is 18.2 Å². The van der Waals surface area contributed by atoms with Gasteiger partial charge in [-0.15, -0.1) is 0 Å². The van der Waals surface area contributed by atoms with Crippen molar-refractivity contribution in [2.24, 2.45) is 0 Å². The van der Waals surface area contributed by atoms with Gasteiger partial charge in [0.15, 0.2) is 5.58 Å². The molecule has 0 bridgehead atoms. The molecule has 2 aromatic heterocycles. The summed E-state index contributed by atoms with van der Waals surface area (Å²) in [6.45, 7) is 2.05. The fourth-order valence-electron chi connectivity index (χ4n) is 2.76. The van der Waals surface area contributed by atoms with Crippen LogP contribution in [0.2, 0.25) is 0 Å². The van der Waals surface area contributed by atoms with Crippen LogP contribution in [0.3, 0.4) is 0 Å². The van der Waals surface area contributed by atoms with Crippen molar-refractivity contribution in [2.45, 2.75) is 17.3 Å². The van der Waals surface area contributed by atoms with Crippen LogP contribution in [0.4, 0.5) is 13.2 Å². The topological polar surface area (TPSA) is 31.0 Å². The summed E-state index contributed by atoms with van der Waals surface area (Å²) in [6.07, 6.45) is 0. The summed E-state index contributed by atoms with van der Waals surface area (Å²) in [5.74, 6) is 1.25. The lowest BCUT2D eigenvalue weighted by atomic mass is 10.2. The highest BCUT2D eigenvalue weighted by Gasteiger charge is 2.29. The van der Waals surface area contributed by atoms with Crippen molar-refractivity contribution in [3.05, 3.63) is 48.5 Å². The van der Waals surface area contributed by atoms with E-state index in [4.69, 9.17) is 4.42 Å². The molecule has 0 saturated heterocycles. The number of hydrogen-bond acceptors (Lipinski definition) is 4. The summed E-state index contributed by atoms with van der Waals surface area (Å²) in [5.41, 5.74) is -1.62. The predicted octanol–water partition coefficient (Wildman–Crippen LogP) is 6.58. The summed E-state index contributed by atoms with van der Waals surface area (Å²) in [6, 6.07) is 14.2. The molecule has 0 aliphatic rings. The molecule has 2 heterocycles. The van der Waals surface area contributed by atoms with Gasteiger partial charge in [-0.2, -0.15) is 13.2 Å².